The van der Waals surface area contributed by atoms with Crippen LogP contribution in [0.2, 0.25) is 0 Å². The maximum atomic E-state index is 13.2. The Kier molecular flexibility index (Phi) is 4.40. The highest BCUT2D eigenvalue weighted by molar-refractivity contribution is 6.07. The van der Waals surface area contributed by atoms with Crippen molar-refractivity contribution in [3.8, 4) is 0 Å². The molecule has 0 bridgehead atoms. The monoisotopic (exact) mass is 359 g/mol. The van der Waals surface area contributed by atoms with Crippen molar-refractivity contribution in [3.63, 3.8) is 0 Å². The molecule has 0 radical (unpaired) electrons. The molecule has 27 heavy (non-hydrogen) atoms. The Balaban J connectivity index is 1.51. The highest BCUT2D eigenvalue weighted by atomic mass is 19.1. The normalized spacial score (nSPS) is 10.6. The first-order chi connectivity index (χ1) is 13.2. The van der Waals surface area contributed by atoms with Gasteiger partial charge in [-0.25, -0.2) is 14.4 Å². The summed E-state index contributed by atoms with van der Waals surface area (Å²) in [5.74, 6) is -0.338. The van der Waals surface area contributed by atoms with Crippen molar-refractivity contribution >= 4 is 34.0 Å². The lowest BCUT2D eigenvalue weighted by Crippen LogP contribution is -2.14. The summed E-state index contributed by atoms with van der Waals surface area (Å²) in [4.78, 5) is 25.0. The fourth-order valence-corrected chi connectivity index (χ4v) is 2.62. The molecule has 0 saturated carbocycles. The summed E-state index contributed by atoms with van der Waals surface area (Å²) < 4.78 is 13.2. The number of anilines is 3. The number of hydrogen-bond acceptors (Lipinski definition) is 5. The number of carbonyl (C=O) groups is 1. The van der Waals surface area contributed by atoms with Gasteiger partial charge in [0.1, 0.15) is 17.3 Å². The quantitative estimate of drug-likeness (QED) is 0.572. The maximum Gasteiger partial charge on any atom is 0.275 e. The van der Waals surface area contributed by atoms with E-state index >= 15 is 0 Å². The van der Waals surface area contributed by atoms with Gasteiger partial charge < -0.3 is 10.6 Å². The van der Waals surface area contributed by atoms with Crippen LogP contribution in [0.25, 0.3) is 10.9 Å². The molecule has 2 N–H and O–H groups in total. The minimum Gasteiger partial charge on any atom is -0.339 e. The van der Waals surface area contributed by atoms with Gasteiger partial charge in [-0.05, 0) is 30.3 Å². The zero-order valence-corrected chi connectivity index (χ0v) is 14.1. The predicted octanol–water partition coefficient (Wildman–Crippen LogP) is 4.16. The number of rotatable bonds is 4. The third-order valence-electron chi connectivity index (χ3n) is 3.86. The summed E-state index contributed by atoms with van der Waals surface area (Å²) in [6, 6.07) is 15.3. The second-order valence-corrected chi connectivity index (χ2v) is 5.76. The molecule has 0 unspecified atom stereocenters. The Hall–Kier alpha value is -3.87. The van der Waals surface area contributed by atoms with Crippen molar-refractivity contribution in [3.05, 3.63) is 84.7 Å². The number of amides is 1. The molecule has 0 fully saturated rings. The lowest BCUT2D eigenvalue weighted by atomic mass is 10.2. The van der Waals surface area contributed by atoms with Crippen LogP contribution >= 0.6 is 0 Å². The third kappa shape index (κ3) is 3.72. The second-order valence-electron chi connectivity index (χ2n) is 5.76. The lowest BCUT2D eigenvalue weighted by Gasteiger charge is -2.08. The first-order valence-electron chi connectivity index (χ1n) is 8.19. The molecular formula is C20H14FN5O. The fourth-order valence-electron chi connectivity index (χ4n) is 2.62. The predicted molar refractivity (Wildman–Crippen MR) is 101 cm³/mol. The van der Waals surface area contributed by atoms with Crippen LogP contribution in [0, 0.1) is 5.82 Å². The van der Waals surface area contributed by atoms with E-state index in [2.05, 4.69) is 25.6 Å². The molecule has 0 saturated heterocycles. The standard InChI is InChI=1S/C20H14FN5O/c21-14-6-2-7-15(10-14)25-18-12-23-17(11-24-18)20(27)26-16-8-1-4-13-5-3-9-22-19(13)16/h1-12H,(H,24,25)(H,26,27). The SMILES string of the molecule is O=C(Nc1cccc2cccnc12)c1cnc(Nc2cccc(F)c2)cn1. The van der Waals surface area contributed by atoms with Crippen molar-refractivity contribution in [1.82, 2.24) is 15.0 Å². The van der Waals surface area contributed by atoms with Gasteiger partial charge in [0.25, 0.3) is 5.91 Å². The van der Waals surface area contributed by atoms with Crippen molar-refractivity contribution in [2.45, 2.75) is 0 Å². The molecule has 7 heteroatoms. The zero-order chi connectivity index (χ0) is 18.6. The summed E-state index contributed by atoms with van der Waals surface area (Å²) in [6.07, 6.45) is 4.45. The number of pyridine rings is 1. The van der Waals surface area contributed by atoms with Gasteiger partial charge in [-0.3, -0.25) is 9.78 Å². The number of aromatic nitrogens is 3. The van der Waals surface area contributed by atoms with Crippen LogP contribution in [0.1, 0.15) is 10.5 Å². The molecule has 0 aliphatic heterocycles. The molecule has 0 atom stereocenters. The fraction of sp³-hybridized carbons (Fsp3) is 0. The second kappa shape index (κ2) is 7.17. The van der Waals surface area contributed by atoms with Crippen LogP contribution in [-0.4, -0.2) is 20.9 Å². The molecule has 2 heterocycles. The molecule has 0 spiro atoms. The van der Waals surface area contributed by atoms with E-state index in [-0.39, 0.29) is 11.5 Å². The van der Waals surface area contributed by atoms with Crippen molar-refractivity contribution in [2.75, 3.05) is 10.6 Å². The van der Waals surface area contributed by atoms with Crippen LogP contribution in [-0.2, 0) is 0 Å². The first-order valence-corrected chi connectivity index (χ1v) is 8.19. The number of carbonyl (C=O) groups excluding carboxylic acids is 1. The molecule has 2 aromatic heterocycles. The smallest absolute Gasteiger partial charge is 0.275 e. The van der Waals surface area contributed by atoms with Gasteiger partial charge in [0, 0.05) is 17.3 Å². The van der Waals surface area contributed by atoms with Crippen LogP contribution < -0.4 is 10.6 Å². The van der Waals surface area contributed by atoms with Gasteiger partial charge in [-0.15, -0.1) is 0 Å². The molecule has 2 aromatic carbocycles. The van der Waals surface area contributed by atoms with Gasteiger partial charge in [0.05, 0.1) is 23.6 Å². The molecular weight excluding hydrogens is 345 g/mol. The van der Waals surface area contributed by atoms with Crippen LogP contribution in [0.5, 0.6) is 0 Å². The minimum absolute atomic E-state index is 0.160. The summed E-state index contributed by atoms with van der Waals surface area (Å²) in [5, 5.41) is 6.66. The van der Waals surface area contributed by atoms with Crippen molar-refractivity contribution in [1.29, 1.82) is 0 Å². The topological polar surface area (TPSA) is 79.8 Å². The van der Waals surface area contributed by atoms with Crippen LogP contribution in [0.3, 0.4) is 0 Å². The van der Waals surface area contributed by atoms with Crippen molar-refractivity contribution < 1.29 is 9.18 Å². The molecule has 4 rings (SSSR count). The lowest BCUT2D eigenvalue weighted by molar-refractivity contribution is 0.102. The zero-order valence-electron chi connectivity index (χ0n) is 14.1. The Bertz CT molecular complexity index is 1110. The highest BCUT2D eigenvalue weighted by Crippen LogP contribution is 2.21. The largest absolute Gasteiger partial charge is 0.339 e. The van der Waals surface area contributed by atoms with Gasteiger partial charge >= 0.3 is 0 Å². The molecule has 0 aliphatic rings. The molecule has 4 aromatic rings. The number of nitrogens with one attached hydrogen (secondary N) is 2. The summed E-state index contributed by atoms with van der Waals surface area (Å²) >= 11 is 0. The van der Waals surface area contributed by atoms with E-state index < -0.39 is 5.91 Å². The first kappa shape index (κ1) is 16.6. The van der Waals surface area contributed by atoms with Gasteiger partial charge in [-0.2, -0.15) is 0 Å². The Morgan fingerprint density at radius 3 is 2.59 bits per heavy atom. The maximum absolute atomic E-state index is 13.2. The third-order valence-corrected chi connectivity index (χ3v) is 3.86. The van der Waals surface area contributed by atoms with E-state index in [1.807, 2.05) is 24.3 Å². The van der Waals surface area contributed by atoms with Gasteiger partial charge in [0.2, 0.25) is 0 Å². The summed E-state index contributed by atoms with van der Waals surface area (Å²) in [5.41, 5.74) is 2.00. The number of halogens is 1. The van der Waals surface area contributed by atoms with E-state index in [1.54, 1.807) is 24.4 Å². The van der Waals surface area contributed by atoms with E-state index in [4.69, 9.17) is 0 Å². The molecule has 0 aliphatic carbocycles. The van der Waals surface area contributed by atoms with Crippen LogP contribution in [0.4, 0.5) is 21.6 Å². The van der Waals surface area contributed by atoms with Crippen molar-refractivity contribution in [2.24, 2.45) is 0 Å². The minimum atomic E-state index is -0.391. The average Bonchev–Trinajstić information content (AvgIpc) is 2.69. The van der Waals surface area contributed by atoms with Gasteiger partial charge in [0.15, 0.2) is 0 Å². The van der Waals surface area contributed by atoms with E-state index in [0.29, 0.717) is 22.7 Å². The van der Waals surface area contributed by atoms with E-state index in [0.717, 1.165) is 5.39 Å². The Labute approximate surface area is 154 Å². The van der Waals surface area contributed by atoms with Crippen LogP contribution in [0.15, 0.2) is 73.2 Å². The van der Waals surface area contributed by atoms with E-state index in [9.17, 15) is 9.18 Å². The summed E-state index contributed by atoms with van der Waals surface area (Å²) in [6.45, 7) is 0. The Morgan fingerprint density at radius 1 is 0.926 bits per heavy atom. The molecule has 1 amide bonds. The number of para-hydroxylation sites is 1. The number of hydrogen-bond donors (Lipinski definition) is 2. The molecule has 132 valence electrons. The number of benzene rings is 2. The van der Waals surface area contributed by atoms with E-state index in [1.165, 1.54) is 24.5 Å². The van der Waals surface area contributed by atoms with Gasteiger partial charge in [-0.1, -0.05) is 24.3 Å². The number of fused-ring (bicyclic) bond motifs is 1. The number of nitrogens with zero attached hydrogens (tertiary/aromatic N) is 3. The summed E-state index contributed by atoms with van der Waals surface area (Å²) in [7, 11) is 0. The Morgan fingerprint density at radius 2 is 1.78 bits per heavy atom. The highest BCUT2D eigenvalue weighted by Gasteiger charge is 2.11. The molecule has 6 nitrogen and oxygen atoms in total. The average molecular weight is 359 g/mol.